The third kappa shape index (κ3) is 2.49. The van der Waals surface area contributed by atoms with Crippen LogP contribution in [-0.2, 0) is 11.7 Å². The van der Waals surface area contributed by atoms with Crippen LogP contribution in [0.15, 0.2) is 6.20 Å². The number of thiazole rings is 1. The summed E-state index contributed by atoms with van der Waals surface area (Å²) in [6.45, 7) is 5.45. The molecule has 86 valence electrons. The van der Waals surface area contributed by atoms with Gasteiger partial charge in [-0.15, -0.1) is 11.3 Å². The van der Waals surface area contributed by atoms with E-state index < -0.39 is 16.7 Å². The first kappa shape index (κ1) is 12.4. The Labute approximate surface area is 90.3 Å². The molecule has 6 heteroatoms. The first-order valence-corrected chi connectivity index (χ1v) is 5.29. The van der Waals surface area contributed by atoms with Gasteiger partial charge in [-0.3, -0.25) is 0 Å². The van der Waals surface area contributed by atoms with Crippen LogP contribution in [0.2, 0.25) is 0 Å². The van der Waals surface area contributed by atoms with E-state index in [1.165, 1.54) is 6.20 Å². The molecule has 0 fully saturated rings. The van der Waals surface area contributed by atoms with Gasteiger partial charge in [-0.2, -0.15) is 13.2 Å². The number of hydrogen-bond acceptors (Lipinski definition) is 3. The molecule has 0 aliphatic rings. The fourth-order valence-electron chi connectivity index (χ4n) is 0.939. The number of halogens is 3. The number of hydrogen-bond donors (Lipinski definition) is 1. The molecular weight excluding hydrogens is 225 g/mol. The predicted molar refractivity (Wildman–Crippen MR) is 53.5 cm³/mol. The third-order valence-corrected chi connectivity index (χ3v) is 3.77. The average Bonchev–Trinajstić information content (AvgIpc) is 2.50. The maximum Gasteiger partial charge on any atom is 0.443 e. The SMILES string of the molecule is CC(C)C(C)(N)c1cnc(C(F)(F)F)s1. The lowest BCUT2D eigenvalue weighted by Gasteiger charge is -2.27. The number of aromatic nitrogens is 1. The van der Waals surface area contributed by atoms with Crippen LogP contribution in [-0.4, -0.2) is 4.98 Å². The minimum atomic E-state index is -4.38. The molecule has 0 amide bonds. The second-order valence-electron chi connectivity index (χ2n) is 3.96. The lowest BCUT2D eigenvalue weighted by Crippen LogP contribution is -2.37. The molecule has 1 aromatic rings. The lowest BCUT2D eigenvalue weighted by molar-refractivity contribution is -0.137. The quantitative estimate of drug-likeness (QED) is 0.860. The normalized spacial score (nSPS) is 16.8. The molecule has 2 N–H and O–H groups in total. The zero-order valence-electron chi connectivity index (χ0n) is 8.72. The standard InChI is InChI=1S/C9H13F3N2S/c1-5(2)8(3,13)6-4-14-7(15-6)9(10,11)12/h4-5H,13H2,1-3H3. The minimum absolute atomic E-state index is 0.0547. The summed E-state index contributed by atoms with van der Waals surface area (Å²) < 4.78 is 36.9. The van der Waals surface area contributed by atoms with Gasteiger partial charge in [-0.25, -0.2) is 4.98 Å². The smallest absolute Gasteiger partial charge is 0.321 e. The molecule has 1 unspecified atom stereocenters. The van der Waals surface area contributed by atoms with Crippen molar-refractivity contribution in [3.8, 4) is 0 Å². The first-order valence-electron chi connectivity index (χ1n) is 4.48. The average molecular weight is 238 g/mol. The van der Waals surface area contributed by atoms with Gasteiger partial charge in [-0.1, -0.05) is 13.8 Å². The molecule has 1 rings (SSSR count). The van der Waals surface area contributed by atoms with Crippen molar-refractivity contribution < 1.29 is 13.2 Å². The molecule has 2 nitrogen and oxygen atoms in total. The largest absolute Gasteiger partial charge is 0.443 e. The van der Waals surface area contributed by atoms with Gasteiger partial charge in [0.1, 0.15) is 0 Å². The highest BCUT2D eigenvalue weighted by molar-refractivity contribution is 7.11. The van der Waals surface area contributed by atoms with Gasteiger partial charge in [0.15, 0.2) is 5.01 Å². The molecule has 1 heterocycles. The third-order valence-electron chi connectivity index (χ3n) is 2.48. The lowest BCUT2D eigenvalue weighted by atomic mass is 9.89. The summed E-state index contributed by atoms with van der Waals surface area (Å²) in [7, 11) is 0. The second-order valence-corrected chi connectivity index (χ2v) is 5.00. The van der Waals surface area contributed by atoms with Gasteiger partial charge in [0.05, 0.1) is 5.54 Å². The van der Waals surface area contributed by atoms with Crippen molar-refractivity contribution in [1.82, 2.24) is 4.98 Å². The van der Waals surface area contributed by atoms with Crippen LogP contribution >= 0.6 is 11.3 Å². The first-order chi connectivity index (χ1) is 6.65. The van der Waals surface area contributed by atoms with Crippen LogP contribution in [0.1, 0.15) is 30.7 Å². The van der Waals surface area contributed by atoms with E-state index in [9.17, 15) is 13.2 Å². The molecule has 15 heavy (non-hydrogen) atoms. The van der Waals surface area contributed by atoms with E-state index in [1.54, 1.807) is 6.92 Å². The molecule has 0 aliphatic heterocycles. The Bertz CT molecular complexity index is 341. The Hall–Kier alpha value is -0.620. The van der Waals surface area contributed by atoms with Crippen LogP contribution in [0.5, 0.6) is 0 Å². The fourth-order valence-corrected chi connectivity index (χ4v) is 1.93. The van der Waals surface area contributed by atoms with E-state index in [0.29, 0.717) is 16.2 Å². The zero-order valence-corrected chi connectivity index (χ0v) is 9.54. The maximum atomic E-state index is 12.3. The van der Waals surface area contributed by atoms with Crippen molar-refractivity contribution in [1.29, 1.82) is 0 Å². The molecule has 0 saturated carbocycles. The van der Waals surface area contributed by atoms with Crippen LogP contribution in [0.25, 0.3) is 0 Å². The summed E-state index contributed by atoms with van der Waals surface area (Å²) in [5.41, 5.74) is 5.18. The molecule has 0 radical (unpaired) electrons. The van der Waals surface area contributed by atoms with Gasteiger partial charge in [0, 0.05) is 11.1 Å². The Morgan fingerprint density at radius 2 is 1.93 bits per heavy atom. The van der Waals surface area contributed by atoms with Gasteiger partial charge < -0.3 is 5.73 Å². The van der Waals surface area contributed by atoms with Crippen molar-refractivity contribution >= 4 is 11.3 Å². The highest BCUT2D eigenvalue weighted by Gasteiger charge is 2.37. The summed E-state index contributed by atoms with van der Waals surface area (Å²) in [6, 6.07) is 0. The molecule has 0 aliphatic carbocycles. The van der Waals surface area contributed by atoms with Crippen LogP contribution in [0, 0.1) is 5.92 Å². The van der Waals surface area contributed by atoms with Crippen molar-refractivity contribution in [2.24, 2.45) is 11.7 Å². The van der Waals surface area contributed by atoms with Gasteiger partial charge in [-0.05, 0) is 12.8 Å². The molecule has 1 atom stereocenters. The Kier molecular flexibility index (Phi) is 3.11. The Morgan fingerprint density at radius 1 is 1.40 bits per heavy atom. The minimum Gasteiger partial charge on any atom is -0.321 e. The molecular formula is C9H13F3N2S. The van der Waals surface area contributed by atoms with E-state index in [2.05, 4.69) is 4.98 Å². The number of rotatable bonds is 2. The second kappa shape index (κ2) is 3.75. The van der Waals surface area contributed by atoms with E-state index in [0.717, 1.165) is 0 Å². The van der Waals surface area contributed by atoms with E-state index in [4.69, 9.17) is 5.73 Å². The summed E-state index contributed by atoms with van der Waals surface area (Å²) >= 11 is 0.614. The monoisotopic (exact) mass is 238 g/mol. The van der Waals surface area contributed by atoms with Crippen molar-refractivity contribution in [3.05, 3.63) is 16.1 Å². The number of nitrogens with two attached hydrogens (primary N) is 1. The van der Waals surface area contributed by atoms with Crippen LogP contribution in [0.3, 0.4) is 0 Å². The van der Waals surface area contributed by atoms with Gasteiger partial charge >= 0.3 is 6.18 Å². The van der Waals surface area contributed by atoms with Crippen molar-refractivity contribution in [2.45, 2.75) is 32.5 Å². The van der Waals surface area contributed by atoms with E-state index in [-0.39, 0.29) is 5.92 Å². The molecule has 0 spiro atoms. The summed E-state index contributed by atoms with van der Waals surface area (Å²) in [5.74, 6) is 0.0547. The summed E-state index contributed by atoms with van der Waals surface area (Å²) in [6.07, 6.45) is -3.16. The zero-order chi connectivity index (χ0) is 11.9. The fraction of sp³-hybridized carbons (Fsp3) is 0.667. The highest BCUT2D eigenvalue weighted by atomic mass is 32.1. The Balaban J connectivity index is 3.04. The van der Waals surface area contributed by atoms with Crippen molar-refractivity contribution in [3.63, 3.8) is 0 Å². The topological polar surface area (TPSA) is 38.9 Å². The maximum absolute atomic E-state index is 12.3. The summed E-state index contributed by atoms with van der Waals surface area (Å²) in [5, 5.41) is -0.838. The number of alkyl halides is 3. The summed E-state index contributed by atoms with van der Waals surface area (Å²) in [4.78, 5) is 3.81. The van der Waals surface area contributed by atoms with Crippen LogP contribution < -0.4 is 5.73 Å². The highest BCUT2D eigenvalue weighted by Crippen LogP contribution is 2.37. The van der Waals surface area contributed by atoms with Crippen molar-refractivity contribution in [2.75, 3.05) is 0 Å². The molecule has 0 saturated heterocycles. The van der Waals surface area contributed by atoms with Crippen LogP contribution in [0.4, 0.5) is 13.2 Å². The number of nitrogens with zero attached hydrogens (tertiary/aromatic N) is 1. The van der Waals surface area contributed by atoms with E-state index in [1.807, 2.05) is 13.8 Å². The molecule has 1 aromatic heterocycles. The van der Waals surface area contributed by atoms with Gasteiger partial charge in [0.25, 0.3) is 0 Å². The van der Waals surface area contributed by atoms with E-state index >= 15 is 0 Å². The Morgan fingerprint density at radius 3 is 2.27 bits per heavy atom. The molecule has 0 aromatic carbocycles. The van der Waals surface area contributed by atoms with Gasteiger partial charge in [0.2, 0.25) is 0 Å². The molecule has 0 bridgehead atoms. The predicted octanol–water partition coefficient (Wildman–Crippen LogP) is 2.99.